The highest BCUT2D eigenvalue weighted by molar-refractivity contribution is 7.98. The van der Waals surface area contributed by atoms with Gasteiger partial charge < -0.3 is 10.1 Å². The van der Waals surface area contributed by atoms with Gasteiger partial charge in [0.15, 0.2) is 0 Å². The molecule has 0 saturated carbocycles. The van der Waals surface area contributed by atoms with E-state index in [0.717, 1.165) is 12.3 Å². The third-order valence-electron chi connectivity index (χ3n) is 2.50. The molecule has 0 aliphatic heterocycles. The van der Waals surface area contributed by atoms with Crippen LogP contribution in [-0.4, -0.2) is 26.0 Å². The lowest BCUT2D eigenvalue weighted by Crippen LogP contribution is -2.33. The molecule has 0 aromatic heterocycles. The zero-order valence-corrected chi connectivity index (χ0v) is 11.3. The first-order chi connectivity index (χ1) is 7.67. The van der Waals surface area contributed by atoms with E-state index in [2.05, 4.69) is 37.6 Å². The second-order valence-corrected chi connectivity index (χ2v) is 5.01. The van der Waals surface area contributed by atoms with E-state index in [9.17, 15) is 0 Å². The summed E-state index contributed by atoms with van der Waals surface area (Å²) in [6, 6.07) is 8.27. The van der Waals surface area contributed by atoms with Gasteiger partial charge in [0.05, 0.1) is 0 Å². The number of thioether (sulfide) groups is 1. The topological polar surface area (TPSA) is 21.3 Å². The molecule has 0 aliphatic rings. The minimum absolute atomic E-state index is 0.227. The quantitative estimate of drug-likeness (QED) is 0.771. The average molecular weight is 239 g/mol. The van der Waals surface area contributed by atoms with Gasteiger partial charge in [0.1, 0.15) is 11.9 Å². The highest BCUT2D eigenvalue weighted by Gasteiger charge is 2.13. The Morgan fingerprint density at radius 1 is 1.25 bits per heavy atom. The summed E-state index contributed by atoms with van der Waals surface area (Å²) in [4.78, 5) is 1.27. The van der Waals surface area contributed by atoms with Gasteiger partial charge in [-0.25, -0.2) is 0 Å². The Morgan fingerprint density at radius 2 is 1.88 bits per heavy atom. The van der Waals surface area contributed by atoms with Crippen molar-refractivity contribution >= 4 is 11.8 Å². The normalized spacial score (nSPS) is 12.8. The fraction of sp³-hybridized carbons (Fsp3) is 0.538. The molecular weight excluding hydrogens is 218 g/mol. The summed E-state index contributed by atoms with van der Waals surface area (Å²) in [7, 11) is 1.95. The Bertz CT molecular complexity index is 297. The van der Waals surface area contributed by atoms with E-state index in [1.54, 1.807) is 11.8 Å². The number of likely N-dealkylation sites (N-methyl/N-ethyl adjacent to an activating group) is 1. The molecule has 0 heterocycles. The van der Waals surface area contributed by atoms with Crippen molar-refractivity contribution in [3.8, 4) is 5.75 Å². The molecule has 0 radical (unpaired) electrons. The van der Waals surface area contributed by atoms with E-state index in [1.165, 1.54) is 4.90 Å². The molecule has 16 heavy (non-hydrogen) atoms. The van der Waals surface area contributed by atoms with Crippen LogP contribution in [0.4, 0.5) is 0 Å². The third kappa shape index (κ3) is 4.06. The number of nitrogens with one attached hydrogen (secondary N) is 1. The maximum absolute atomic E-state index is 5.94. The lowest BCUT2D eigenvalue weighted by Gasteiger charge is -2.22. The molecule has 1 aromatic carbocycles. The molecule has 1 unspecified atom stereocenters. The highest BCUT2D eigenvalue weighted by Crippen LogP contribution is 2.21. The molecule has 0 amide bonds. The van der Waals surface area contributed by atoms with Crippen LogP contribution in [0.2, 0.25) is 0 Å². The molecule has 90 valence electrons. The summed E-state index contributed by atoms with van der Waals surface area (Å²) >= 11 is 1.75. The molecular formula is C13H21NOS. The van der Waals surface area contributed by atoms with E-state index < -0.39 is 0 Å². The predicted molar refractivity (Wildman–Crippen MR) is 71.4 cm³/mol. The number of benzene rings is 1. The molecule has 0 bridgehead atoms. The molecule has 3 heteroatoms. The summed E-state index contributed by atoms with van der Waals surface area (Å²) in [5.41, 5.74) is 0. The Hall–Kier alpha value is -0.670. The van der Waals surface area contributed by atoms with Crippen molar-refractivity contribution in [1.82, 2.24) is 5.32 Å². The van der Waals surface area contributed by atoms with Crippen molar-refractivity contribution in [2.75, 3.05) is 19.8 Å². The third-order valence-corrected chi connectivity index (χ3v) is 3.24. The van der Waals surface area contributed by atoms with Crippen LogP contribution in [0, 0.1) is 5.92 Å². The van der Waals surface area contributed by atoms with Gasteiger partial charge in [0, 0.05) is 11.4 Å². The van der Waals surface area contributed by atoms with Gasteiger partial charge in [-0.15, -0.1) is 11.8 Å². The summed E-state index contributed by atoms with van der Waals surface area (Å²) in [5, 5.41) is 3.16. The van der Waals surface area contributed by atoms with Crippen LogP contribution in [-0.2, 0) is 0 Å². The van der Waals surface area contributed by atoms with E-state index in [-0.39, 0.29) is 6.10 Å². The van der Waals surface area contributed by atoms with E-state index in [0.29, 0.717) is 5.92 Å². The molecule has 1 aromatic rings. The number of rotatable bonds is 6. The maximum atomic E-state index is 5.94. The van der Waals surface area contributed by atoms with Gasteiger partial charge in [0.25, 0.3) is 0 Å². The van der Waals surface area contributed by atoms with E-state index >= 15 is 0 Å². The predicted octanol–water partition coefficient (Wildman–Crippen LogP) is 3.03. The summed E-state index contributed by atoms with van der Waals surface area (Å²) in [5.74, 6) is 1.46. The smallest absolute Gasteiger partial charge is 0.119 e. The minimum Gasteiger partial charge on any atom is -0.489 e. The van der Waals surface area contributed by atoms with Crippen LogP contribution in [0.25, 0.3) is 0 Å². The van der Waals surface area contributed by atoms with E-state index in [4.69, 9.17) is 4.74 Å². The fourth-order valence-electron chi connectivity index (χ4n) is 1.44. The zero-order valence-electron chi connectivity index (χ0n) is 10.5. The molecule has 1 atom stereocenters. The van der Waals surface area contributed by atoms with Gasteiger partial charge in [-0.2, -0.15) is 0 Å². The van der Waals surface area contributed by atoms with Gasteiger partial charge in [-0.05, 0) is 43.5 Å². The Balaban J connectivity index is 2.62. The molecule has 2 nitrogen and oxygen atoms in total. The zero-order chi connectivity index (χ0) is 12.0. The van der Waals surface area contributed by atoms with Crippen molar-refractivity contribution in [1.29, 1.82) is 0 Å². The van der Waals surface area contributed by atoms with Crippen LogP contribution in [0.3, 0.4) is 0 Å². The standard InChI is InChI=1S/C13H21NOS/c1-10(2)13(9-14-3)15-11-5-7-12(16-4)8-6-11/h5-8,10,13-14H,9H2,1-4H3. The van der Waals surface area contributed by atoms with Crippen molar-refractivity contribution in [3.05, 3.63) is 24.3 Å². The van der Waals surface area contributed by atoms with Gasteiger partial charge >= 0.3 is 0 Å². The largest absolute Gasteiger partial charge is 0.489 e. The van der Waals surface area contributed by atoms with Gasteiger partial charge in [-0.3, -0.25) is 0 Å². The summed E-state index contributed by atoms with van der Waals surface area (Å²) in [6.45, 7) is 5.23. The van der Waals surface area contributed by atoms with Crippen LogP contribution >= 0.6 is 11.8 Å². The Kier molecular flexibility index (Phi) is 5.71. The van der Waals surface area contributed by atoms with Crippen molar-refractivity contribution in [2.45, 2.75) is 24.8 Å². The van der Waals surface area contributed by atoms with Gasteiger partial charge in [0.2, 0.25) is 0 Å². The summed E-state index contributed by atoms with van der Waals surface area (Å²) in [6.07, 6.45) is 2.30. The monoisotopic (exact) mass is 239 g/mol. The van der Waals surface area contributed by atoms with Crippen LogP contribution in [0.1, 0.15) is 13.8 Å². The first-order valence-electron chi connectivity index (χ1n) is 5.62. The molecule has 0 aliphatic carbocycles. The minimum atomic E-state index is 0.227. The maximum Gasteiger partial charge on any atom is 0.119 e. The van der Waals surface area contributed by atoms with Crippen molar-refractivity contribution in [2.24, 2.45) is 5.92 Å². The number of hydrogen-bond acceptors (Lipinski definition) is 3. The SMILES string of the molecule is CNCC(Oc1ccc(SC)cc1)C(C)C. The Labute approximate surface area is 103 Å². The molecule has 0 saturated heterocycles. The van der Waals surface area contributed by atoms with Crippen LogP contribution in [0.15, 0.2) is 29.2 Å². The van der Waals surface area contributed by atoms with Crippen LogP contribution in [0.5, 0.6) is 5.75 Å². The lowest BCUT2D eigenvalue weighted by molar-refractivity contribution is 0.151. The highest BCUT2D eigenvalue weighted by atomic mass is 32.2. The number of hydrogen-bond donors (Lipinski definition) is 1. The number of ether oxygens (including phenoxy) is 1. The molecule has 1 N–H and O–H groups in total. The molecule has 1 rings (SSSR count). The van der Waals surface area contributed by atoms with E-state index in [1.807, 2.05) is 19.2 Å². The summed E-state index contributed by atoms with van der Waals surface area (Å²) < 4.78 is 5.94. The van der Waals surface area contributed by atoms with Gasteiger partial charge in [-0.1, -0.05) is 13.8 Å². The first-order valence-corrected chi connectivity index (χ1v) is 6.85. The van der Waals surface area contributed by atoms with Crippen molar-refractivity contribution < 1.29 is 4.74 Å². The fourth-order valence-corrected chi connectivity index (χ4v) is 1.85. The molecule has 0 spiro atoms. The first kappa shape index (κ1) is 13.4. The molecule has 0 fully saturated rings. The average Bonchev–Trinajstić information content (AvgIpc) is 2.29. The van der Waals surface area contributed by atoms with Crippen molar-refractivity contribution in [3.63, 3.8) is 0 Å². The lowest BCUT2D eigenvalue weighted by atomic mass is 10.1. The Morgan fingerprint density at radius 3 is 2.31 bits per heavy atom. The van der Waals surface area contributed by atoms with Crippen LogP contribution < -0.4 is 10.1 Å². The second kappa shape index (κ2) is 6.81. The second-order valence-electron chi connectivity index (χ2n) is 4.13.